The van der Waals surface area contributed by atoms with E-state index in [4.69, 9.17) is 4.74 Å². The van der Waals surface area contributed by atoms with Crippen molar-refractivity contribution in [2.75, 3.05) is 18.9 Å². The van der Waals surface area contributed by atoms with E-state index in [-0.39, 0.29) is 18.4 Å². The number of nitrogens with one attached hydrogen (secondary N) is 1. The molecule has 5 nitrogen and oxygen atoms in total. The highest BCUT2D eigenvalue weighted by atomic mass is 19.1. The number of amides is 2. The maximum Gasteiger partial charge on any atom is 0.321 e. The summed E-state index contributed by atoms with van der Waals surface area (Å²) in [5, 5.41) is 12.3. The Morgan fingerprint density at radius 3 is 2.65 bits per heavy atom. The van der Waals surface area contributed by atoms with Gasteiger partial charge in [0.2, 0.25) is 0 Å². The zero-order valence-corrected chi connectivity index (χ0v) is 13.9. The third kappa shape index (κ3) is 5.39. The van der Waals surface area contributed by atoms with Gasteiger partial charge >= 0.3 is 6.03 Å². The predicted octanol–water partition coefficient (Wildman–Crippen LogP) is 3.38. The number of benzene rings is 1. The Balaban J connectivity index is 1.95. The Labute approximate surface area is 136 Å². The van der Waals surface area contributed by atoms with Crippen molar-refractivity contribution in [2.45, 2.75) is 51.2 Å². The fourth-order valence-electron chi connectivity index (χ4n) is 2.73. The molecule has 0 aliphatic heterocycles. The van der Waals surface area contributed by atoms with E-state index in [1.807, 2.05) is 0 Å². The molecule has 2 amide bonds. The second-order valence-corrected chi connectivity index (χ2v) is 6.77. The van der Waals surface area contributed by atoms with Gasteiger partial charge in [0.15, 0.2) is 11.6 Å². The van der Waals surface area contributed by atoms with Crippen LogP contribution in [0.5, 0.6) is 5.75 Å². The first-order valence-corrected chi connectivity index (χ1v) is 7.95. The Bertz CT molecular complexity index is 551. The highest BCUT2D eigenvalue weighted by Gasteiger charge is 2.21. The lowest BCUT2D eigenvalue weighted by molar-refractivity contribution is 0.0550. The number of ether oxygens (including phenoxy) is 1. The lowest BCUT2D eigenvalue weighted by Gasteiger charge is -2.25. The molecule has 0 bridgehead atoms. The number of likely N-dealkylation sites (N-methyl/N-ethyl adjacent to an activating group) is 1. The SMILES string of the molecule is CN(CC(C)(C)O)C(=O)Nc1ccc(OC2CCCC2)c(F)c1. The third-order valence-electron chi connectivity index (χ3n) is 3.75. The molecule has 1 aromatic carbocycles. The molecule has 0 atom stereocenters. The Morgan fingerprint density at radius 2 is 2.09 bits per heavy atom. The van der Waals surface area contributed by atoms with E-state index in [1.54, 1.807) is 33.0 Å². The zero-order chi connectivity index (χ0) is 17.0. The summed E-state index contributed by atoms with van der Waals surface area (Å²) in [6.45, 7) is 3.40. The number of carbonyl (C=O) groups excluding carboxylic acids is 1. The first-order chi connectivity index (χ1) is 10.7. The van der Waals surface area contributed by atoms with Crippen LogP contribution in [0.2, 0.25) is 0 Å². The van der Waals surface area contributed by atoms with Crippen molar-refractivity contribution < 1.29 is 19.0 Å². The average molecular weight is 324 g/mol. The van der Waals surface area contributed by atoms with Gasteiger partial charge in [0.05, 0.1) is 18.2 Å². The van der Waals surface area contributed by atoms with Crippen LogP contribution in [-0.4, -0.2) is 41.3 Å². The van der Waals surface area contributed by atoms with Gasteiger partial charge in [-0.05, 0) is 51.7 Å². The molecule has 128 valence electrons. The third-order valence-corrected chi connectivity index (χ3v) is 3.75. The van der Waals surface area contributed by atoms with Crippen LogP contribution in [0.3, 0.4) is 0 Å². The van der Waals surface area contributed by atoms with Gasteiger partial charge in [-0.15, -0.1) is 0 Å². The summed E-state index contributed by atoms with van der Waals surface area (Å²) in [4.78, 5) is 13.4. The quantitative estimate of drug-likeness (QED) is 0.873. The summed E-state index contributed by atoms with van der Waals surface area (Å²) in [5.41, 5.74) is -0.634. The van der Waals surface area contributed by atoms with Crippen LogP contribution in [0.15, 0.2) is 18.2 Å². The first-order valence-electron chi connectivity index (χ1n) is 7.95. The zero-order valence-electron chi connectivity index (χ0n) is 13.9. The van der Waals surface area contributed by atoms with Crippen molar-refractivity contribution in [1.82, 2.24) is 4.90 Å². The first kappa shape index (κ1) is 17.5. The number of aliphatic hydroxyl groups is 1. The molecule has 0 unspecified atom stereocenters. The second-order valence-electron chi connectivity index (χ2n) is 6.77. The molecule has 1 aliphatic rings. The molecule has 2 N–H and O–H groups in total. The largest absolute Gasteiger partial charge is 0.487 e. The van der Waals surface area contributed by atoms with Crippen LogP contribution in [-0.2, 0) is 0 Å². The van der Waals surface area contributed by atoms with Crippen molar-refractivity contribution in [3.63, 3.8) is 0 Å². The molecule has 23 heavy (non-hydrogen) atoms. The normalized spacial score (nSPS) is 15.5. The highest BCUT2D eigenvalue weighted by Crippen LogP contribution is 2.27. The molecule has 1 aromatic rings. The van der Waals surface area contributed by atoms with Crippen LogP contribution >= 0.6 is 0 Å². The Morgan fingerprint density at radius 1 is 1.43 bits per heavy atom. The number of carbonyl (C=O) groups is 1. The van der Waals surface area contributed by atoms with E-state index in [1.165, 1.54) is 11.0 Å². The Hall–Kier alpha value is -1.82. The number of halogens is 1. The maximum absolute atomic E-state index is 14.1. The van der Waals surface area contributed by atoms with Gasteiger partial charge < -0.3 is 20.1 Å². The van der Waals surface area contributed by atoms with E-state index < -0.39 is 17.4 Å². The summed E-state index contributed by atoms with van der Waals surface area (Å²) in [7, 11) is 1.57. The molecule has 2 rings (SSSR count). The van der Waals surface area contributed by atoms with Gasteiger partial charge in [-0.3, -0.25) is 0 Å². The van der Waals surface area contributed by atoms with Crippen molar-refractivity contribution in [3.8, 4) is 5.75 Å². The van der Waals surface area contributed by atoms with Crippen LogP contribution in [0.4, 0.5) is 14.9 Å². The monoisotopic (exact) mass is 324 g/mol. The van der Waals surface area contributed by atoms with Gasteiger partial charge in [-0.25, -0.2) is 9.18 Å². The van der Waals surface area contributed by atoms with E-state index >= 15 is 0 Å². The summed E-state index contributed by atoms with van der Waals surface area (Å²) in [6, 6.07) is 4.00. The summed E-state index contributed by atoms with van der Waals surface area (Å²) in [5.74, 6) is -0.264. The maximum atomic E-state index is 14.1. The molecule has 0 saturated heterocycles. The second kappa shape index (κ2) is 7.17. The highest BCUT2D eigenvalue weighted by molar-refractivity contribution is 5.89. The molecular formula is C17H25FN2O3. The van der Waals surface area contributed by atoms with Gasteiger partial charge in [0.25, 0.3) is 0 Å². The molecule has 6 heteroatoms. The van der Waals surface area contributed by atoms with E-state index in [9.17, 15) is 14.3 Å². The topological polar surface area (TPSA) is 61.8 Å². The summed E-state index contributed by atoms with van der Waals surface area (Å²) >= 11 is 0. The minimum atomic E-state index is -0.990. The molecular weight excluding hydrogens is 299 g/mol. The van der Waals surface area contributed by atoms with Gasteiger partial charge in [-0.1, -0.05) is 0 Å². The lowest BCUT2D eigenvalue weighted by Crippen LogP contribution is -2.41. The van der Waals surface area contributed by atoms with E-state index in [0.29, 0.717) is 5.69 Å². The van der Waals surface area contributed by atoms with Crippen LogP contribution in [0, 0.1) is 5.82 Å². The number of urea groups is 1. The molecule has 0 radical (unpaired) electrons. The lowest BCUT2D eigenvalue weighted by atomic mass is 10.1. The van der Waals surface area contributed by atoms with Crippen LogP contribution in [0.1, 0.15) is 39.5 Å². The molecule has 1 aliphatic carbocycles. The van der Waals surface area contributed by atoms with Gasteiger partial charge in [0, 0.05) is 18.8 Å². The van der Waals surface area contributed by atoms with Gasteiger partial charge in [0.1, 0.15) is 0 Å². The molecule has 1 fully saturated rings. The van der Waals surface area contributed by atoms with Crippen molar-refractivity contribution in [3.05, 3.63) is 24.0 Å². The standard InChI is InChI=1S/C17H25FN2O3/c1-17(2,22)11-20(3)16(21)19-12-8-9-15(14(18)10-12)23-13-6-4-5-7-13/h8-10,13,22H,4-7,11H2,1-3H3,(H,19,21). The van der Waals surface area contributed by atoms with E-state index in [0.717, 1.165) is 25.7 Å². The fraction of sp³-hybridized carbons (Fsp3) is 0.588. The van der Waals surface area contributed by atoms with Crippen molar-refractivity contribution in [2.24, 2.45) is 0 Å². The number of anilines is 1. The van der Waals surface area contributed by atoms with Crippen molar-refractivity contribution in [1.29, 1.82) is 0 Å². The number of hydrogen-bond acceptors (Lipinski definition) is 3. The van der Waals surface area contributed by atoms with Crippen LogP contribution in [0.25, 0.3) is 0 Å². The van der Waals surface area contributed by atoms with E-state index in [2.05, 4.69) is 5.32 Å². The summed E-state index contributed by atoms with van der Waals surface area (Å²) in [6.07, 6.45) is 4.24. The van der Waals surface area contributed by atoms with Crippen molar-refractivity contribution >= 4 is 11.7 Å². The number of nitrogens with zero attached hydrogens (tertiary/aromatic N) is 1. The molecule has 1 saturated carbocycles. The smallest absolute Gasteiger partial charge is 0.321 e. The Kier molecular flexibility index (Phi) is 5.46. The number of hydrogen-bond donors (Lipinski definition) is 2. The predicted molar refractivity (Wildman–Crippen MR) is 87.2 cm³/mol. The molecule has 0 spiro atoms. The van der Waals surface area contributed by atoms with Gasteiger partial charge in [-0.2, -0.15) is 0 Å². The fourth-order valence-corrected chi connectivity index (χ4v) is 2.73. The average Bonchev–Trinajstić information content (AvgIpc) is 2.93. The molecule has 0 aromatic heterocycles. The summed E-state index contributed by atoms with van der Waals surface area (Å²) < 4.78 is 19.7. The minimum Gasteiger partial charge on any atom is -0.487 e. The van der Waals surface area contributed by atoms with Crippen LogP contribution < -0.4 is 10.1 Å². The minimum absolute atomic E-state index is 0.0860. The molecule has 0 heterocycles. The number of rotatable bonds is 5.